The zero-order valence-electron chi connectivity index (χ0n) is 18.0. The molecule has 9 heteroatoms. The van der Waals surface area contributed by atoms with Crippen LogP contribution < -0.4 is 5.43 Å². The van der Waals surface area contributed by atoms with Gasteiger partial charge in [-0.3, -0.25) is 9.59 Å². The largest absolute Gasteiger partial charge is 0.493 e. The van der Waals surface area contributed by atoms with Gasteiger partial charge in [0.25, 0.3) is 0 Å². The Hall–Kier alpha value is -3.33. The summed E-state index contributed by atoms with van der Waals surface area (Å²) in [5.41, 5.74) is 1.75. The number of aromatic hydroxyl groups is 1. The number of aryl methyl sites for hydroxylation is 3. The van der Waals surface area contributed by atoms with Crippen LogP contribution >= 0.6 is 15.9 Å². The Bertz CT molecular complexity index is 1450. The van der Waals surface area contributed by atoms with Gasteiger partial charge in [-0.15, -0.1) is 10.2 Å². The minimum Gasteiger partial charge on any atom is -0.493 e. The van der Waals surface area contributed by atoms with E-state index in [1.165, 1.54) is 6.20 Å². The second kappa shape index (κ2) is 8.66. The van der Waals surface area contributed by atoms with Gasteiger partial charge < -0.3 is 14.2 Å². The summed E-state index contributed by atoms with van der Waals surface area (Å²) >= 11 is 3.43. The second-order valence-corrected chi connectivity index (χ2v) is 8.39. The van der Waals surface area contributed by atoms with Crippen molar-refractivity contribution in [3.63, 3.8) is 0 Å². The molecule has 0 saturated carbocycles. The van der Waals surface area contributed by atoms with Gasteiger partial charge in [-0.25, -0.2) is 4.98 Å². The first-order chi connectivity index (χ1) is 15.3. The maximum Gasteiger partial charge on any atom is 0.300 e. The zero-order chi connectivity index (χ0) is 23.0. The van der Waals surface area contributed by atoms with Crippen LogP contribution in [0, 0.1) is 6.92 Å². The molecule has 0 saturated heterocycles. The van der Waals surface area contributed by atoms with Gasteiger partial charge in [-0.05, 0) is 50.6 Å². The molecule has 4 rings (SSSR count). The zero-order valence-corrected chi connectivity index (χ0v) is 19.5. The Morgan fingerprint density at radius 3 is 2.69 bits per heavy atom. The van der Waals surface area contributed by atoms with Crippen molar-refractivity contribution in [1.82, 2.24) is 14.1 Å². The Morgan fingerprint density at radius 1 is 1.19 bits per heavy atom. The SMILES string of the molecule is CCCn1c(O)c(N=NC(=O)c2cn(CC)c3nc(C)ccc3c2=O)c2cc(Br)ccc21. The van der Waals surface area contributed by atoms with E-state index in [9.17, 15) is 14.7 Å². The molecule has 0 bridgehead atoms. The number of pyridine rings is 2. The molecule has 164 valence electrons. The van der Waals surface area contributed by atoms with Crippen LogP contribution in [0.3, 0.4) is 0 Å². The summed E-state index contributed by atoms with van der Waals surface area (Å²) in [6.07, 6.45) is 2.28. The second-order valence-electron chi connectivity index (χ2n) is 7.47. The predicted octanol–water partition coefficient (Wildman–Crippen LogP) is 5.48. The number of fused-ring (bicyclic) bond motifs is 2. The molecule has 32 heavy (non-hydrogen) atoms. The highest BCUT2D eigenvalue weighted by Gasteiger charge is 2.19. The first-order valence-corrected chi connectivity index (χ1v) is 11.1. The fourth-order valence-corrected chi connectivity index (χ4v) is 4.11. The molecule has 1 amide bonds. The topological polar surface area (TPSA) is 102 Å². The number of halogens is 1. The summed E-state index contributed by atoms with van der Waals surface area (Å²) in [6.45, 7) is 6.87. The molecule has 0 aliphatic heterocycles. The molecule has 3 aromatic heterocycles. The van der Waals surface area contributed by atoms with E-state index in [0.717, 1.165) is 22.1 Å². The maximum absolute atomic E-state index is 12.9. The average molecular weight is 496 g/mol. The number of amides is 1. The van der Waals surface area contributed by atoms with Gasteiger partial charge in [0.2, 0.25) is 11.3 Å². The first-order valence-electron chi connectivity index (χ1n) is 10.3. The van der Waals surface area contributed by atoms with Crippen LogP contribution in [0.1, 0.15) is 36.3 Å². The summed E-state index contributed by atoms with van der Waals surface area (Å²) in [5.74, 6) is -0.842. The number of aromatic nitrogens is 3. The Morgan fingerprint density at radius 2 is 1.97 bits per heavy atom. The number of benzene rings is 1. The molecule has 1 N–H and O–H groups in total. The quantitative estimate of drug-likeness (QED) is 0.370. The van der Waals surface area contributed by atoms with E-state index >= 15 is 0 Å². The lowest BCUT2D eigenvalue weighted by Gasteiger charge is -2.09. The van der Waals surface area contributed by atoms with Crippen molar-refractivity contribution in [2.45, 2.75) is 40.3 Å². The molecule has 4 aromatic rings. The van der Waals surface area contributed by atoms with Crippen LogP contribution in [0.25, 0.3) is 21.9 Å². The predicted molar refractivity (Wildman–Crippen MR) is 127 cm³/mol. The number of carbonyl (C=O) groups excluding carboxylic acids is 1. The lowest BCUT2D eigenvalue weighted by atomic mass is 10.1. The van der Waals surface area contributed by atoms with E-state index in [-0.39, 0.29) is 17.1 Å². The summed E-state index contributed by atoms with van der Waals surface area (Å²) in [6, 6.07) is 8.96. The monoisotopic (exact) mass is 495 g/mol. The molecular formula is C23H22BrN5O3. The van der Waals surface area contributed by atoms with Gasteiger partial charge in [-0.2, -0.15) is 0 Å². The van der Waals surface area contributed by atoms with Crippen molar-refractivity contribution < 1.29 is 9.90 Å². The highest BCUT2D eigenvalue weighted by atomic mass is 79.9. The number of hydrogen-bond donors (Lipinski definition) is 1. The Balaban J connectivity index is 1.82. The molecule has 0 aliphatic carbocycles. The normalized spacial score (nSPS) is 11.8. The highest BCUT2D eigenvalue weighted by molar-refractivity contribution is 9.10. The van der Waals surface area contributed by atoms with Gasteiger partial charge in [-0.1, -0.05) is 22.9 Å². The van der Waals surface area contributed by atoms with E-state index in [4.69, 9.17) is 0 Å². The van der Waals surface area contributed by atoms with Crippen LogP contribution in [-0.2, 0) is 13.1 Å². The van der Waals surface area contributed by atoms with Crippen molar-refractivity contribution >= 4 is 49.5 Å². The minimum atomic E-state index is -0.773. The van der Waals surface area contributed by atoms with Crippen molar-refractivity contribution in [2.75, 3.05) is 0 Å². The lowest BCUT2D eigenvalue weighted by Crippen LogP contribution is -2.18. The standard InChI is InChI=1S/C23H22BrN5O3/c1-4-10-29-18-9-7-14(24)11-16(18)19(23(29)32)26-27-22(31)17-12-28(5-2)21-15(20(17)30)8-6-13(3)25-21/h6-9,11-12,32H,4-5,10H2,1-3H3. The van der Waals surface area contributed by atoms with Crippen LogP contribution in [-0.4, -0.2) is 25.1 Å². The molecule has 1 aromatic carbocycles. The Labute approximate surface area is 192 Å². The number of azo groups is 1. The molecule has 0 spiro atoms. The van der Waals surface area contributed by atoms with Crippen LogP contribution in [0.2, 0.25) is 0 Å². The van der Waals surface area contributed by atoms with E-state index in [1.807, 2.05) is 39.0 Å². The van der Waals surface area contributed by atoms with Gasteiger partial charge >= 0.3 is 5.91 Å². The van der Waals surface area contributed by atoms with E-state index in [1.54, 1.807) is 21.3 Å². The van der Waals surface area contributed by atoms with Crippen molar-refractivity contribution in [3.8, 4) is 5.88 Å². The summed E-state index contributed by atoms with van der Waals surface area (Å²) in [4.78, 5) is 30.2. The molecule has 0 atom stereocenters. The van der Waals surface area contributed by atoms with Crippen molar-refractivity contribution in [1.29, 1.82) is 0 Å². The minimum absolute atomic E-state index is 0.0688. The van der Waals surface area contributed by atoms with Crippen LogP contribution in [0.4, 0.5) is 5.69 Å². The molecular weight excluding hydrogens is 474 g/mol. The molecule has 3 heterocycles. The summed E-state index contributed by atoms with van der Waals surface area (Å²) in [5, 5.41) is 19.6. The van der Waals surface area contributed by atoms with Gasteiger partial charge in [0.1, 0.15) is 11.2 Å². The van der Waals surface area contributed by atoms with Crippen molar-refractivity contribution in [3.05, 3.63) is 62.5 Å². The average Bonchev–Trinajstić information content (AvgIpc) is 3.02. The molecule has 0 unspecified atom stereocenters. The molecule has 0 radical (unpaired) electrons. The number of hydrogen-bond acceptors (Lipinski definition) is 5. The van der Waals surface area contributed by atoms with Gasteiger partial charge in [0, 0.05) is 34.8 Å². The third-order valence-corrected chi connectivity index (χ3v) is 5.78. The number of nitrogens with zero attached hydrogens (tertiary/aromatic N) is 5. The summed E-state index contributed by atoms with van der Waals surface area (Å²) < 4.78 is 4.28. The number of rotatable bonds is 5. The summed E-state index contributed by atoms with van der Waals surface area (Å²) in [7, 11) is 0. The van der Waals surface area contributed by atoms with Crippen LogP contribution in [0.15, 0.2) is 56.0 Å². The third kappa shape index (κ3) is 3.73. The fraction of sp³-hybridized carbons (Fsp3) is 0.261. The van der Waals surface area contributed by atoms with E-state index < -0.39 is 11.3 Å². The van der Waals surface area contributed by atoms with E-state index in [2.05, 4.69) is 31.1 Å². The van der Waals surface area contributed by atoms with Crippen LogP contribution in [0.5, 0.6) is 5.88 Å². The molecule has 8 nitrogen and oxygen atoms in total. The van der Waals surface area contributed by atoms with Gasteiger partial charge in [0.15, 0.2) is 5.69 Å². The van der Waals surface area contributed by atoms with Crippen molar-refractivity contribution in [2.24, 2.45) is 10.2 Å². The third-order valence-electron chi connectivity index (χ3n) is 5.29. The number of carbonyl (C=O) groups is 1. The van der Waals surface area contributed by atoms with Gasteiger partial charge in [0.05, 0.1) is 10.9 Å². The Kier molecular flexibility index (Phi) is 5.92. The molecule has 0 fully saturated rings. The fourth-order valence-electron chi connectivity index (χ4n) is 3.75. The smallest absolute Gasteiger partial charge is 0.300 e. The molecule has 0 aliphatic rings. The first kappa shape index (κ1) is 21.9. The van der Waals surface area contributed by atoms with E-state index in [0.29, 0.717) is 29.5 Å². The highest BCUT2D eigenvalue weighted by Crippen LogP contribution is 2.40. The maximum atomic E-state index is 12.9. The lowest BCUT2D eigenvalue weighted by molar-refractivity contribution is 0.0993.